The Morgan fingerprint density at radius 1 is 0.688 bits per heavy atom. The van der Waals surface area contributed by atoms with Crippen LogP contribution in [0.3, 0.4) is 0 Å². The first-order valence-electron chi connectivity index (χ1n) is 10.4. The topological polar surface area (TPSA) is 99.3 Å². The predicted octanol–water partition coefficient (Wildman–Crippen LogP) is 4.13. The van der Waals surface area contributed by atoms with Crippen LogP contribution in [0.15, 0.2) is 78.9 Å². The van der Waals surface area contributed by atoms with E-state index in [9.17, 15) is 14.4 Å². The Bertz CT molecular complexity index is 1070. The van der Waals surface area contributed by atoms with Gasteiger partial charge in [-0.3, -0.25) is 14.4 Å². The largest absolute Gasteiger partial charge is 0.376 e. The van der Waals surface area contributed by atoms with Gasteiger partial charge in [-0.15, -0.1) is 0 Å². The molecule has 3 amide bonds. The van der Waals surface area contributed by atoms with Gasteiger partial charge in [0.25, 0.3) is 11.8 Å². The van der Waals surface area contributed by atoms with Crippen LogP contribution in [0.4, 0.5) is 17.1 Å². The standard InChI is InChI=1S/C25H26N4O3/c1-2-15-26-24(31)19-11-13-20(14-12-19)28-23(30)17-27-21-9-6-10-22(16-21)29-25(32)18-7-4-3-5-8-18/h3-14,16,27H,2,15,17H2,1H3,(H,26,31)(H,28,30)(H,29,32). The quantitative estimate of drug-likeness (QED) is 0.410. The minimum atomic E-state index is -0.230. The van der Waals surface area contributed by atoms with Gasteiger partial charge in [0.2, 0.25) is 5.91 Å². The molecule has 0 heterocycles. The van der Waals surface area contributed by atoms with Crippen LogP contribution in [0.25, 0.3) is 0 Å². The lowest BCUT2D eigenvalue weighted by molar-refractivity contribution is -0.114. The van der Waals surface area contributed by atoms with Crippen LogP contribution in [0.1, 0.15) is 34.1 Å². The van der Waals surface area contributed by atoms with Crippen molar-refractivity contribution in [2.24, 2.45) is 0 Å². The Balaban J connectivity index is 1.50. The van der Waals surface area contributed by atoms with Crippen LogP contribution in [0.2, 0.25) is 0 Å². The van der Waals surface area contributed by atoms with Crippen LogP contribution < -0.4 is 21.3 Å². The van der Waals surface area contributed by atoms with Gasteiger partial charge < -0.3 is 21.3 Å². The van der Waals surface area contributed by atoms with E-state index >= 15 is 0 Å². The molecule has 0 aliphatic heterocycles. The van der Waals surface area contributed by atoms with Crippen molar-refractivity contribution < 1.29 is 14.4 Å². The molecule has 0 saturated heterocycles. The minimum Gasteiger partial charge on any atom is -0.376 e. The maximum Gasteiger partial charge on any atom is 0.255 e. The maximum atomic E-state index is 12.3. The number of rotatable bonds is 9. The van der Waals surface area contributed by atoms with E-state index < -0.39 is 0 Å². The van der Waals surface area contributed by atoms with E-state index in [1.807, 2.05) is 19.1 Å². The fourth-order valence-electron chi connectivity index (χ4n) is 2.93. The molecule has 3 aromatic rings. The van der Waals surface area contributed by atoms with Crippen LogP contribution in [-0.4, -0.2) is 30.8 Å². The summed E-state index contributed by atoms with van der Waals surface area (Å²) in [6.45, 7) is 2.67. The van der Waals surface area contributed by atoms with Gasteiger partial charge in [-0.05, 0) is 61.0 Å². The number of anilines is 3. The Morgan fingerprint density at radius 2 is 1.38 bits per heavy atom. The van der Waals surface area contributed by atoms with Crippen molar-refractivity contribution in [1.82, 2.24) is 5.32 Å². The number of carbonyl (C=O) groups is 3. The van der Waals surface area contributed by atoms with Gasteiger partial charge in [0.15, 0.2) is 0 Å². The number of nitrogens with one attached hydrogen (secondary N) is 4. The van der Waals surface area contributed by atoms with E-state index in [-0.39, 0.29) is 24.3 Å². The third kappa shape index (κ3) is 6.70. The summed E-state index contributed by atoms with van der Waals surface area (Å²) in [7, 11) is 0. The highest BCUT2D eigenvalue weighted by molar-refractivity contribution is 6.04. The van der Waals surface area contributed by atoms with Gasteiger partial charge in [-0.1, -0.05) is 31.2 Å². The second kappa shape index (κ2) is 11.3. The van der Waals surface area contributed by atoms with Crippen LogP contribution in [0.5, 0.6) is 0 Å². The van der Waals surface area contributed by atoms with E-state index in [2.05, 4.69) is 21.3 Å². The van der Waals surface area contributed by atoms with Crippen molar-refractivity contribution in [3.63, 3.8) is 0 Å². The molecule has 32 heavy (non-hydrogen) atoms. The molecule has 0 spiro atoms. The molecular weight excluding hydrogens is 404 g/mol. The van der Waals surface area contributed by atoms with Crippen molar-refractivity contribution in [3.8, 4) is 0 Å². The predicted molar refractivity (Wildman–Crippen MR) is 127 cm³/mol. The Kier molecular flexibility index (Phi) is 7.97. The van der Waals surface area contributed by atoms with E-state index in [4.69, 9.17) is 0 Å². The van der Waals surface area contributed by atoms with Crippen molar-refractivity contribution in [2.45, 2.75) is 13.3 Å². The molecule has 164 valence electrons. The second-order valence-electron chi connectivity index (χ2n) is 7.14. The Hall–Kier alpha value is -4.13. The zero-order valence-electron chi connectivity index (χ0n) is 17.9. The van der Waals surface area contributed by atoms with Gasteiger partial charge in [0.1, 0.15) is 0 Å². The van der Waals surface area contributed by atoms with E-state index in [0.717, 1.165) is 6.42 Å². The van der Waals surface area contributed by atoms with Crippen LogP contribution in [0, 0.1) is 0 Å². The number of hydrogen-bond acceptors (Lipinski definition) is 4. The Morgan fingerprint density at radius 3 is 2.09 bits per heavy atom. The van der Waals surface area contributed by atoms with Crippen LogP contribution >= 0.6 is 0 Å². The molecule has 0 aliphatic rings. The molecule has 0 radical (unpaired) electrons. The fourth-order valence-corrected chi connectivity index (χ4v) is 2.93. The van der Waals surface area contributed by atoms with Crippen molar-refractivity contribution in [1.29, 1.82) is 0 Å². The molecule has 0 fully saturated rings. The maximum absolute atomic E-state index is 12.3. The monoisotopic (exact) mass is 430 g/mol. The summed E-state index contributed by atoms with van der Waals surface area (Å²) in [5.41, 5.74) is 3.05. The van der Waals surface area contributed by atoms with Crippen molar-refractivity contribution >= 4 is 34.8 Å². The second-order valence-corrected chi connectivity index (χ2v) is 7.14. The molecule has 0 saturated carbocycles. The lowest BCUT2D eigenvalue weighted by atomic mass is 10.2. The highest BCUT2D eigenvalue weighted by Crippen LogP contribution is 2.16. The first-order valence-corrected chi connectivity index (χ1v) is 10.4. The minimum absolute atomic E-state index is 0.0504. The molecular formula is C25H26N4O3. The summed E-state index contributed by atoms with van der Waals surface area (Å²) >= 11 is 0. The van der Waals surface area contributed by atoms with Crippen molar-refractivity contribution in [2.75, 3.05) is 29.0 Å². The Labute approximate surface area is 187 Å². The van der Waals surface area contributed by atoms with Gasteiger partial charge in [-0.25, -0.2) is 0 Å². The zero-order chi connectivity index (χ0) is 22.8. The molecule has 3 rings (SSSR count). The summed E-state index contributed by atoms with van der Waals surface area (Å²) in [4.78, 5) is 36.5. The van der Waals surface area contributed by atoms with Gasteiger partial charge in [0.05, 0.1) is 6.54 Å². The van der Waals surface area contributed by atoms with Crippen LogP contribution in [-0.2, 0) is 4.79 Å². The molecule has 0 bridgehead atoms. The zero-order valence-corrected chi connectivity index (χ0v) is 17.9. The highest BCUT2D eigenvalue weighted by atomic mass is 16.2. The van der Waals surface area contributed by atoms with E-state index in [1.54, 1.807) is 66.7 Å². The van der Waals surface area contributed by atoms with E-state index in [0.29, 0.717) is 34.7 Å². The normalized spacial score (nSPS) is 10.2. The lowest BCUT2D eigenvalue weighted by Crippen LogP contribution is -2.24. The number of benzene rings is 3. The number of hydrogen-bond donors (Lipinski definition) is 4. The van der Waals surface area contributed by atoms with Gasteiger partial charge >= 0.3 is 0 Å². The molecule has 0 unspecified atom stereocenters. The SMILES string of the molecule is CCCNC(=O)c1ccc(NC(=O)CNc2cccc(NC(=O)c3ccccc3)c2)cc1. The van der Waals surface area contributed by atoms with E-state index in [1.165, 1.54) is 0 Å². The van der Waals surface area contributed by atoms with Crippen molar-refractivity contribution in [3.05, 3.63) is 90.0 Å². The number of amides is 3. The smallest absolute Gasteiger partial charge is 0.255 e. The highest BCUT2D eigenvalue weighted by Gasteiger charge is 2.08. The lowest BCUT2D eigenvalue weighted by Gasteiger charge is -2.11. The summed E-state index contributed by atoms with van der Waals surface area (Å²) in [5, 5.41) is 11.5. The summed E-state index contributed by atoms with van der Waals surface area (Å²) in [5.74, 6) is -0.565. The first kappa shape index (κ1) is 22.6. The summed E-state index contributed by atoms with van der Waals surface area (Å²) in [6.07, 6.45) is 0.870. The number of carbonyl (C=O) groups excluding carboxylic acids is 3. The molecule has 0 aliphatic carbocycles. The molecule has 0 aromatic heterocycles. The average Bonchev–Trinajstić information content (AvgIpc) is 2.82. The average molecular weight is 431 g/mol. The molecule has 4 N–H and O–H groups in total. The molecule has 3 aromatic carbocycles. The molecule has 0 atom stereocenters. The molecule has 7 nitrogen and oxygen atoms in total. The third-order valence-corrected chi connectivity index (χ3v) is 4.58. The summed E-state index contributed by atoms with van der Waals surface area (Å²) in [6, 6.07) is 22.8. The van der Waals surface area contributed by atoms with Gasteiger partial charge in [-0.2, -0.15) is 0 Å². The molecule has 7 heteroatoms. The third-order valence-electron chi connectivity index (χ3n) is 4.58. The first-order chi connectivity index (χ1) is 15.5. The fraction of sp³-hybridized carbons (Fsp3) is 0.160. The summed E-state index contributed by atoms with van der Waals surface area (Å²) < 4.78 is 0. The van der Waals surface area contributed by atoms with Gasteiger partial charge in [0, 0.05) is 34.7 Å².